The number of ether oxygens (including phenoxy) is 3. The van der Waals surface area contributed by atoms with Crippen LogP contribution in [0.1, 0.15) is 19.8 Å². The van der Waals surface area contributed by atoms with E-state index in [1.165, 1.54) is 19.3 Å². The van der Waals surface area contributed by atoms with Gasteiger partial charge in [0.05, 0.1) is 30.0 Å². The third kappa shape index (κ3) is 2.97. The molecule has 25 heavy (non-hydrogen) atoms. The van der Waals surface area contributed by atoms with E-state index < -0.39 is 60.4 Å². The summed E-state index contributed by atoms with van der Waals surface area (Å²) in [4.78, 5) is 0. The molecular weight excluding hydrogens is 340 g/mol. The van der Waals surface area contributed by atoms with E-state index in [1.54, 1.807) is 0 Å². The second kappa shape index (κ2) is 6.12. The lowest BCUT2D eigenvalue weighted by Crippen LogP contribution is -2.67. The summed E-state index contributed by atoms with van der Waals surface area (Å²) in [7, 11) is 0. The monoisotopic (exact) mass is 364 g/mol. The largest absolute Gasteiger partial charge is 0.472 e. The average Bonchev–Trinajstić information content (AvgIpc) is 2.81. The molecule has 144 valence electrons. The minimum Gasteiger partial charge on any atom is -0.472 e. The molecule has 3 rings (SSSR count). The second-order valence-corrected chi connectivity index (χ2v) is 7.18. The van der Waals surface area contributed by atoms with Gasteiger partial charge in [-0.25, -0.2) is 0 Å². The Morgan fingerprint density at radius 3 is 2.40 bits per heavy atom. The predicted molar refractivity (Wildman–Crippen MR) is 78.3 cm³/mol. The molecule has 10 heteroatoms. The molecule has 0 aromatic rings. The number of hydrogen-bond acceptors (Lipinski definition) is 10. The zero-order valence-electron chi connectivity index (χ0n) is 13.6. The predicted octanol–water partition coefficient (Wildman–Crippen LogP) is -3.11. The van der Waals surface area contributed by atoms with Crippen LogP contribution in [-0.2, 0) is 14.2 Å². The summed E-state index contributed by atoms with van der Waals surface area (Å²) in [6, 6.07) is 0. The van der Waals surface area contributed by atoms with Gasteiger partial charge in [0, 0.05) is 0 Å². The molecule has 3 aliphatic rings. The molecule has 0 aromatic carbocycles. The maximum atomic E-state index is 10.7. The molecule has 2 fully saturated rings. The van der Waals surface area contributed by atoms with Crippen LogP contribution in [0.5, 0.6) is 0 Å². The average molecular weight is 364 g/mol. The quantitative estimate of drug-likeness (QED) is 0.272. The molecule has 1 aliphatic carbocycles. The van der Waals surface area contributed by atoms with E-state index in [-0.39, 0.29) is 12.8 Å². The van der Waals surface area contributed by atoms with Crippen molar-refractivity contribution >= 4 is 0 Å². The molecule has 0 bridgehead atoms. The summed E-state index contributed by atoms with van der Waals surface area (Å²) >= 11 is 0. The Morgan fingerprint density at radius 2 is 1.76 bits per heavy atom. The van der Waals surface area contributed by atoms with Gasteiger partial charge in [0.2, 0.25) is 12.1 Å². The molecular formula is C15H24O10. The third-order valence-electron chi connectivity index (χ3n) is 5.31. The maximum absolute atomic E-state index is 10.7. The lowest BCUT2D eigenvalue weighted by molar-refractivity contribution is -0.419. The van der Waals surface area contributed by atoms with E-state index in [4.69, 9.17) is 14.2 Å². The summed E-state index contributed by atoms with van der Waals surface area (Å²) in [6.07, 6.45) is -5.41. The third-order valence-corrected chi connectivity index (χ3v) is 5.31. The summed E-state index contributed by atoms with van der Waals surface area (Å²) in [5, 5.41) is 70.1. The van der Waals surface area contributed by atoms with E-state index in [0.717, 1.165) is 0 Å². The van der Waals surface area contributed by atoms with Crippen molar-refractivity contribution in [2.75, 3.05) is 6.61 Å². The van der Waals surface area contributed by atoms with Crippen LogP contribution in [0.3, 0.4) is 0 Å². The van der Waals surface area contributed by atoms with Crippen LogP contribution in [0.2, 0.25) is 0 Å². The van der Waals surface area contributed by atoms with Gasteiger partial charge in [-0.1, -0.05) is 0 Å². The molecule has 0 amide bonds. The van der Waals surface area contributed by atoms with Crippen LogP contribution in [0, 0.1) is 5.92 Å². The Balaban J connectivity index is 1.82. The number of aliphatic hydroxyl groups excluding tert-OH is 4. The molecule has 2 aliphatic heterocycles. The highest BCUT2D eigenvalue weighted by atomic mass is 16.8. The van der Waals surface area contributed by atoms with E-state index in [9.17, 15) is 35.7 Å². The van der Waals surface area contributed by atoms with Crippen LogP contribution in [0.25, 0.3) is 0 Å². The van der Waals surface area contributed by atoms with Gasteiger partial charge < -0.3 is 50.0 Å². The number of fused-ring (bicyclic) bond motifs is 1. The highest BCUT2D eigenvalue weighted by Crippen LogP contribution is 2.49. The van der Waals surface area contributed by atoms with Gasteiger partial charge in [-0.05, 0) is 25.8 Å². The standard InChI is InChI=1S/C15H24O10/c1-13(20)2-3-14(21)4-5-23-12(9(13)14)24-11-8(18)7(17)10(19)15(22,6-16)25-11/h4-5,7-12,16-22H,2-3,6H2,1H3/t7-,8-,9+,10+,11+,12+,13+,14-,15+/m1/s1. The second-order valence-electron chi connectivity index (χ2n) is 7.18. The van der Waals surface area contributed by atoms with Crippen LogP contribution in [0.4, 0.5) is 0 Å². The highest BCUT2D eigenvalue weighted by Gasteiger charge is 2.60. The number of hydrogen-bond donors (Lipinski definition) is 7. The van der Waals surface area contributed by atoms with Gasteiger partial charge in [-0.3, -0.25) is 0 Å². The minimum atomic E-state index is -2.55. The molecule has 0 spiro atoms. The zero-order chi connectivity index (χ0) is 18.6. The Morgan fingerprint density at radius 1 is 1.08 bits per heavy atom. The molecule has 0 unspecified atom stereocenters. The first-order chi connectivity index (χ1) is 11.5. The maximum Gasteiger partial charge on any atom is 0.221 e. The van der Waals surface area contributed by atoms with Crippen molar-refractivity contribution in [1.29, 1.82) is 0 Å². The van der Waals surface area contributed by atoms with Crippen LogP contribution in [-0.4, -0.2) is 90.2 Å². The first-order valence-electron chi connectivity index (χ1n) is 8.03. The summed E-state index contributed by atoms with van der Waals surface area (Å²) < 4.78 is 15.8. The van der Waals surface area contributed by atoms with Crippen molar-refractivity contribution in [1.82, 2.24) is 0 Å². The fourth-order valence-electron chi connectivity index (χ4n) is 3.77. The fraction of sp³-hybridized carbons (Fsp3) is 0.867. The van der Waals surface area contributed by atoms with Crippen molar-refractivity contribution in [2.24, 2.45) is 5.92 Å². The number of rotatable bonds is 3. The van der Waals surface area contributed by atoms with Crippen LogP contribution in [0.15, 0.2) is 12.3 Å². The SMILES string of the molecule is C[C@]1(O)CC[C@@]2(O)C=CO[C@@H](O[C@H]3O[C@@](O)(CO)[C@@H](O)[C@H](O)[C@H]3O)[C@@H]12. The fourth-order valence-corrected chi connectivity index (χ4v) is 3.77. The van der Waals surface area contributed by atoms with Crippen LogP contribution < -0.4 is 0 Å². The molecule has 7 N–H and O–H groups in total. The highest BCUT2D eigenvalue weighted by molar-refractivity contribution is 5.16. The van der Waals surface area contributed by atoms with Gasteiger partial charge in [0.15, 0.2) is 6.29 Å². The zero-order valence-corrected chi connectivity index (χ0v) is 13.6. The van der Waals surface area contributed by atoms with E-state index in [1.807, 2.05) is 0 Å². The molecule has 1 saturated heterocycles. The van der Waals surface area contributed by atoms with Crippen molar-refractivity contribution in [3.8, 4) is 0 Å². The van der Waals surface area contributed by atoms with Gasteiger partial charge in [-0.15, -0.1) is 0 Å². The van der Waals surface area contributed by atoms with Crippen LogP contribution >= 0.6 is 0 Å². The van der Waals surface area contributed by atoms with E-state index in [2.05, 4.69) is 0 Å². The van der Waals surface area contributed by atoms with E-state index in [0.29, 0.717) is 0 Å². The van der Waals surface area contributed by atoms with Gasteiger partial charge >= 0.3 is 0 Å². The minimum absolute atomic E-state index is 0.264. The van der Waals surface area contributed by atoms with Crippen molar-refractivity contribution in [3.63, 3.8) is 0 Å². The Bertz CT molecular complexity index is 538. The lowest BCUT2D eigenvalue weighted by Gasteiger charge is -2.47. The molecule has 0 radical (unpaired) electrons. The van der Waals surface area contributed by atoms with Crippen molar-refractivity contribution in [3.05, 3.63) is 12.3 Å². The molecule has 10 nitrogen and oxygen atoms in total. The summed E-state index contributed by atoms with van der Waals surface area (Å²) in [6.45, 7) is 0.448. The lowest BCUT2D eigenvalue weighted by atomic mass is 9.82. The summed E-state index contributed by atoms with van der Waals surface area (Å²) in [5.41, 5.74) is -2.73. The van der Waals surface area contributed by atoms with E-state index >= 15 is 0 Å². The first kappa shape index (κ1) is 19.0. The Kier molecular flexibility index (Phi) is 4.64. The number of aliphatic hydroxyl groups is 7. The molecule has 9 atom stereocenters. The summed E-state index contributed by atoms with van der Waals surface area (Å²) in [5.74, 6) is -3.48. The normalized spacial score (nSPS) is 55.7. The molecule has 0 aromatic heterocycles. The molecule has 2 heterocycles. The van der Waals surface area contributed by atoms with Gasteiger partial charge in [0.25, 0.3) is 0 Å². The van der Waals surface area contributed by atoms with Crippen molar-refractivity contribution in [2.45, 2.75) is 67.6 Å². The first-order valence-corrected chi connectivity index (χ1v) is 8.03. The Hall–Kier alpha value is -0.820. The topological polar surface area (TPSA) is 169 Å². The smallest absolute Gasteiger partial charge is 0.221 e. The molecule has 1 saturated carbocycles. The van der Waals surface area contributed by atoms with Crippen molar-refractivity contribution < 1.29 is 50.0 Å². The van der Waals surface area contributed by atoms with Gasteiger partial charge in [0.1, 0.15) is 18.3 Å². The van der Waals surface area contributed by atoms with Gasteiger partial charge in [-0.2, -0.15) is 0 Å². The Labute approximate surface area is 143 Å².